The van der Waals surface area contributed by atoms with Crippen molar-refractivity contribution in [2.24, 2.45) is 4.99 Å². The van der Waals surface area contributed by atoms with Crippen molar-refractivity contribution < 1.29 is 19.1 Å². The van der Waals surface area contributed by atoms with E-state index in [1.165, 1.54) is 29.0 Å². The van der Waals surface area contributed by atoms with Crippen LogP contribution in [0.4, 0.5) is 5.69 Å². The zero-order valence-electron chi connectivity index (χ0n) is 25.4. The highest BCUT2D eigenvalue weighted by atomic mass is 79.9. The van der Waals surface area contributed by atoms with Crippen molar-refractivity contribution in [3.05, 3.63) is 153 Å². The van der Waals surface area contributed by atoms with Gasteiger partial charge in [-0.15, -0.1) is 0 Å². The molecule has 1 aromatic heterocycles. The molecule has 5 aromatic rings. The van der Waals surface area contributed by atoms with Crippen molar-refractivity contribution >= 4 is 44.7 Å². The number of allylic oxidation sites excluding steroid dienone is 1. The number of methoxy groups -OCH3 is 2. The number of thiazole rings is 1. The molecule has 47 heavy (non-hydrogen) atoms. The van der Waals surface area contributed by atoms with Crippen LogP contribution in [0.5, 0.6) is 17.2 Å². The lowest BCUT2D eigenvalue weighted by Gasteiger charge is -2.31. The Morgan fingerprint density at radius 2 is 1.79 bits per heavy atom. The lowest BCUT2D eigenvalue weighted by molar-refractivity contribution is -0.384. The summed E-state index contributed by atoms with van der Waals surface area (Å²) < 4.78 is 20.4. The fourth-order valence-electron chi connectivity index (χ4n) is 6.10. The van der Waals surface area contributed by atoms with E-state index >= 15 is 0 Å². The first kappa shape index (κ1) is 30.6. The van der Waals surface area contributed by atoms with Crippen molar-refractivity contribution in [3.63, 3.8) is 0 Å². The average Bonchev–Trinajstić information content (AvgIpc) is 3.40. The first-order valence-electron chi connectivity index (χ1n) is 14.9. The summed E-state index contributed by atoms with van der Waals surface area (Å²) in [6.45, 7) is 0.246. The van der Waals surface area contributed by atoms with Gasteiger partial charge < -0.3 is 14.2 Å². The summed E-state index contributed by atoms with van der Waals surface area (Å²) in [5.41, 5.74) is 6.68. The van der Waals surface area contributed by atoms with Gasteiger partial charge in [-0.25, -0.2) is 4.99 Å². The predicted octanol–water partition coefficient (Wildman–Crippen LogP) is 6.59. The lowest BCUT2D eigenvalue weighted by Crippen LogP contribution is -2.39. The molecule has 9 nitrogen and oxygen atoms in total. The highest BCUT2D eigenvalue weighted by molar-refractivity contribution is 9.10. The van der Waals surface area contributed by atoms with Crippen molar-refractivity contribution in [3.8, 4) is 17.2 Å². The summed E-state index contributed by atoms with van der Waals surface area (Å²) in [4.78, 5) is 30.5. The second-order valence-corrected chi connectivity index (χ2v) is 13.0. The molecule has 7 rings (SSSR count). The molecule has 0 N–H and O–H groups in total. The van der Waals surface area contributed by atoms with E-state index in [1.807, 2.05) is 54.6 Å². The summed E-state index contributed by atoms with van der Waals surface area (Å²) >= 11 is 4.96. The number of non-ortho nitro benzene ring substituents is 1. The minimum absolute atomic E-state index is 0.0310. The van der Waals surface area contributed by atoms with Crippen molar-refractivity contribution in [1.82, 2.24) is 4.57 Å². The Labute approximate surface area is 282 Å². The Morgan fingerprint density at radius 3 is 2.53 bits per heavy atom. The van der Waals surface area contributed by atoms with E-state index in [1.54, 1.807) is 30.9 Å². The SMILES string of the molecule is COc1ccc(OC)c([C@H]2C3=C(N=c4s/c(=C/c5ccc(OCc6ccc([N+](=O)[O-])cc6)c(Br)c5)c(=O)n42)c2ccccc2CC3)c1. The number of rotatable bonds is 8. The second kappa shape index (κ2) is 12.7. The maximum atomic E-state index is 14.3. The van der Waals surface area contributed by atoms with E-state index in [0.717, 1.165) is 46.4 Å². The molecule has 1 aliphatic heterocycles. The van der Waals surface area contributed by atoms with Crippen molar-refractivity contribution in [1.29, 1.82) is 0 Å². The van der Waals surface area contributed by atoms with Crippen LogP contribution in [0.25, 0.3) is 11.8 Å². The van der Waals surface area contributed by atoms with Crippen LogP contribution in [0.1, 0.15) is 40.3 Å². The number of hydrogen-bond acceptors (Lipinski definition) is 8. The molecule has 236 valence electrons. The molecule has 0 fully saturated rings. The van der Waals surface area contributed by atoms with Gasteiger partial charge in [-0.3, -0.25) is 19.5 Å². The van der Waals surface area contributed by atoms with Gasteiger partial charge in [0.25, 0.3) is 11.2 Å². The maximum Gasteiger partial charge on any atom is 0.271 e. The molecule has 4 aromatic carbocycles. The van der Waals surface area contributed by atoms with Crippen molar-refractivity contribution in [2.45, 2.75) is 25.5 Å². The molecule has 0 unspecified atom stereocenters. The Balaban J connectivity index is 1.29. The molecular weight excluding hydrogens is 682 g/mol. The number of aryl methyl sites for hydroxylation is 1. The molecule has 0 radical (unpaired) electrons. The van der Waals surface area contributed by atoms with Crippen LogP contribution in [0, 0.1) is 10.1 Å². The molecule has 0 bridgehead atoms. The van der Waals surface area contributed by atoms with Gasteiger partial charge in [-0.2, -0.15) is 0 Å². The van der Waals surface area contributed by atoms with E-state index in [0.29, 0.717) is 31.1 Å². The molecule has 0 saturated carbocycles. The Morgan fingerprint density at radius 1 is 1.00 bits per heavy atom. The normalized spacial score (nSPS) is 15.3. The number of fused-ring (bicyclic) bond motifs is 3. The monoisotopic (exact) mass is 709 g/mol. The number of nitro groups is 1. The number of halogens is 1. The quantitative estimate of drug-likeness (QED) is 0.133. The predicted molar refractivity (Wildman–Crippen MR) is 184 cm³/mol. The third-order valence-electron chi connectivity index (χ3n) is 8.40. The Kier molecular flexibility index (Phi) is 8.25. The number of nitrogens with zero attached hydrogens (tertiary/aromatic N) is 3. The first-order chi connectivity index (χ1) is 22.8. The van der Waals surface area contributed by atoms with E-state index in [4.69, 9.17) is 19.2 Å². The minimum atomic E-state index is -0.431. The second-order valence-electron chi connectivity index (χ2n) is 11.1. The van der Waals surface area contributed by atoms with Gasteiger partial charge in [0, 0.05) is 23.3 Å². The first-order valence-corrected chi connectivity index (χ1v) is 16.5. The zero-order chi connectivity index (χ0) is 32.7. The fourth-order valence-corrected chi connectivity index (χ4v) is 7.61. The number of nitro benzene ring substituents is 1. The smallest absolute Gasteiger partial charge is 0.271 e. The third kappa shape index (κ3) is 5.77. The van der Waals surface area contributed by atoms with Gasteiger partial charge in [0.2, 0.25) is 0 Å². The molecular formula is C36H28BrN3O6S. The van der Waals surface area contributed by atoms with Gasteiger partial charge in [-0.05, 0) is 99.6 Å². The third-order valence-corrected chi connectivity index (χ3v) is 10.0. The minimum Gasteiger partial charge on any atom is -0.497 e. The lowest BCUT2D eigenvalue weighted by atomic mass is 9.83. The molecule has 1 aliphatic carbocycles. The maximum absolute atomic E-state index is 14.3. The largest absolute Gasteiger partial charge is 0.497 e. The summed E-state index contributed by atoms with van der Waals surface area (Å²) in [6.07, 6.45) is 3.48. The summed E-state index contributed by atoms with van der Waals surface area (Å²) in [5.74, 6) is 1.96. The highest BCUT2D eigenvalue weighted by Crippen LogP contribution is 2.44. The number of ether oxygens (including phenoxy) is 3. The Hall–Kier alpha value is -5.00. The molecule has 2 heterocycles. The van der Waals surface area contributed by atoms with Gasteiger partial charge in [0.1, 0.15) is 23.9 Å². The van der Waals surface area contributed by atoms with Crippen LogP contribution in [-0.4, -0.2) is 23.7 Å². The van der Waals surface area contributed by atoms with Crippen molar-refractivity contribution in [2.75, 3.05) is 14.2 Å². The number of hydrogen-bond donors (Lipinski definition) is 0. The fraction of sp³-hybridized carbons (Fsp3) is 0.167. The van der Waals surface area contributed by atoms with Crippen LogP contribution in [-0.2, 0) is 13.0 Å². The van der Waals surface area contributed by atoms with Crippen LogP contribution in [0.2, 0.25) is 0 Å². The molecule has 2 aliphatic rings. The topological polar surface area (TPSA) is 105 Å². The molecule has 11 heteroatoms. The van der Waals surface area contributed by atoms with E-state index in [-0.39, 0.29) is 17.9 Å². The molecule has 0 spiro atoms. The van der Waals surface area contributed by atoms with Crippen LogP contribution in [0.15, 0.2) is 105 Å². The summed E-state index contributed by atoms with van der Waals surface area (Å²) in [6, 6.07) is 25.5. The zero-order valence-corrected chi connectivity index (χ0v) is 27.8. The van der Waals surface area contributed by atoms with Crippen LogP contribution in [0.3, 0.4) is 0 Å². The highest BCUT2D eigenvalue weighted by Gasteiger charge is 2.34. The van der Waals surface area contributed by atoms with Gasteiger partial charge in [-0.1, -0.05) is 41.7 Å². The number of benzene rings is 4. The average molecular weight is 711 g/mol. The molecule has 0 amide bonds. The number of aromatic nitrogens is 1. The van der Waals surface area contributed by atoms with E-state index in [9.17, 15) is 14.9 Å². The van der Waals surface area contributed by atoms with Crippen LogP contribution >= 0.6 is 27.3 Å². The van der Waals surface area contributed by atoms with Gasteiger partial charge >= 0.3 is 0 Å². The summed E-state index contributed by atoms with van der Waals surface area (Å²) in [7, 11) is 3.26. The molecule has 0 saturated heterocycles. The van der Waals surface area contributed by atoms with Gasteiger partial charge in [0.05, 0.1) is 39.9 Å². The van der Waals surface area contributed by atoms with E-state index < -0.39 is 11.0 Å². The van der Waals surface area contributed by atoms with Crippen LogP contribution < -0.4 is 29.1 Å². The van der Waals surface area contributed by atoms with E-state index in [2.05, 4.69) is 28.1 Å². The summed E-state index contributed by atoms with van der Waals surface area (Å²) in [5, 5.41) is 10.9. The molecule has 1 atom stereocenters. The standard InChI is InChI=1S/C36H28BrN3O6S/c1-44-25-13-16-30(45-2)28(19-25)34-27-14-10-23-5-3-4-6-26(23)33(27)38-36-39(34)35(41)32(47-36)18-22-9-15-31(29(37)17-22)46-20-21-7-11-24(12-8-21)40(42)43/h3-9,11-13,15-19,34H,10,14,20H2,1-2H3/b32-18+/t34-/m1/s1. The Bertz CT molecular complexity index is 2260. The van der Waals surface area contributed by atoms with Gasteiger partial charge in [0.15, 0.2) is 4.80 Å².